The third kappa shape index (κ3) is 2.33. The fourth-order valence-corrected chi connectivity index (χ4v) is 2.85. The summed E-state index contributed by atoms with van der Waals surface area (Å²) in [4.78, 5) is 14.1. The molecule has 1 amide bonds. The van der Waals surface area contributed by atoms with E-state index < -0.39 is 0 Å². The van der Waals surface area contributed by atoms with Gasteiger partial charge < -0.3 is 10.6 Å². The van der Waals surface area contributed by atoms with Crippen LogP contribution in [0.4, 0.5) is 0 Å². The van der Waals surface area contributed by atoms with Gasteiger partial charge in [-0.1, -0.05) is 12.8 Å². The number of hydrogen-bond donors (Lipinski definition) is 1. The lowest BCUT2D eigenvalue weighted by atomic mass is 10.0. The monoisotopic (exact) mass is 210 g/mol. The summed E-state index contributed by atoms with van der Waals surface area (Å²) in [6.45, 7) is 3.88. The molecule has 1 aliphatic heterocycles. The van der Waals surface area contributed by atoms with Crippen molar-refractivity contribution in [2.24, 2.45) is 17.6 Å². The van der Waals surface area contributed by atoms with Crippen LogP contribution in [0.2, 0.25) is 0 Å². The molecule has 2 fully saturated rings. The van der Waals surface area contributed by atoms with Crippen LogP contribution < -0.4 is 5.73 Å². The maximum absolute atomic E-state index is 12.1. The van der Waals surface area contributed by atoms with Gasteiger partial charge in [-0.3, -0.25) is 4.79 Å². The third-order valence-corrected chi connectivity index (χ3v) is 3.98. The van der Waals surface area contributed by atoms with Crippen molar-refractivity contribution >= 4 is 5.91 Å². The van der Waals surface area contributed by atoms with Crippen molar-refractivity contribution in [1.82, 2.24) is 4.90 Å². The summed E-state index contributed by atoms with van der Waals surface area (Å²) in [5, 5.41) is 0. The van der Waals surface area contributed by atoms with Crippen LogP contribution in [-0.2, 0) is 4.79 Å². The van der Waals surface area contributed by atoms with Crippen LogP contribution in [0, 0.1) is 11.8 Å². The van der Waals surface area contributed by atoms with Gasteiger partial charge in [0.15, 0.2) is 0 Å². The Morgan fingerprint density at radius 1 is 1.33 bits per heavy atom. The summed E-state index contributed by atoms with van der Waals surface area (Å²) in [6, 6.07) is 0.228. The van der Waals surface area contributed by atoms with E-state index in [4.69, 9.17) is 5.73 Å². The highest BCUT2D eigenvalue weighted by molar-refractivity contribution is 5.79. The molecule has 2 aliphatic rings. The van der Waals surface area contributed by atoms with Gasteiger partial charge in [0, 0.05) is 25.0 Å². The number of carbonyl (C=O) groups excluding carboxylic acids is 1. The molecular formula is C12H22N2O. The number of likely N-dealkylation sites (tertiary alicyclic amines) is 1. The van der Waals surface area contributed by atoms with Crippen molar-refractivity contribution in [2.75, 3.05) is 13.1 Å². The Hall–Kier alpha value is -0.570. The van der Waals surface area contributed by atoms with E-state index in [0.717, 1.165) is 32.4 Å². The van der Waals surface area contributed by atoms with E-state index in [0.29, 0.717) is 17.7 Å². The first kappa shape index (κ1) is 10.9. The van der Waals surface area contributed by atoms with Crippen LogP contribution in [0.25, 0.3) is 0 Å². The molecule has 3 heteroatoms. The van der Waals surface area contributed by atoms with Gasteiger partial charge in [0.1, 0.15) is 0 Å². The van der Waals surface area contributed by atoms with Gasteiger partial charge in [-0.15, -0.1) is 0 Å². The molecule has 3 nitrogen and oxygen atoms in total. The zero-order valence-corrected chi connectivity index (χ0v) is 9.61. The minimum atomic E-state index is 0.228. The maximum atomic E-state index is 12.1. The van der Waals surface area contributed by atoms with Gasteiger partial charge in [0.25, 0.3) is 0 Å². The Labute approximate surface area is 92.0 Å². The van der Waals surface area contributed by atoms with Crippen LogP contribution in [0.5, 0.6) is 0 Å². The van der Waals surface area contributed by atoms with E-state index in [1.807, 2.05) is 11.8 Å². The maximum Gasteiger partial charge on any atom is 0.225 e. The predicted molar refractivity (Wildman–Crippen MR) is 60.3 cm³/mol. The lowest BCUT2D eigenvalue weighted by molar-refractivity contribution is -0.134. The average Bonchev–Trinajstić information content (AvgIpc) is 2.88. The Morgan fingerprint density at radius 2 is 2.00 bits per heavy atom. The molecule has 2 unspecified atom stereocenters. The number of carbonyl (C=O) groups is 1. The molecule has 1 heterocycles. The van der Waals surface area contributed by atoms with E-state index in [1.165, 1.54) is 12.8 Å². The van der Waals surface area contributed by atoms with Gasteiger partial charge in [-0.25, -0.2) is 0 Å². The van der Waals surface area contributed by atoms with Gasteiger partial charge in [-0.05, 0) is 32.1 Å². The molecule has 1 saturated carbocycles. The highest BCUT2D eigenvalue weighted by Crippen LogP contribution is 2.29. The molecule has 2 N–H and O–H groups in total. The Balaban J connectivity index is 1.87. The van der Waals surface area contributed by atoms with E-state index in [9.17, 15) is 4.79 Å². The second-order valence-electron chi connectivity index (χ2n) is 5.17. The smallest absolute Gasteiger partial charge is 0.225 e. The molecule has 2 rings (SSSR count). The van der Waals surface area contributed by atoms with Crippen molar-refractivity contribution in [3.05, 3.63) is 0 Å². The number of nitrogens with two attached hydrogens (primary N) is 1. The van der Waals surface area contributed by atoms with E-state index in [2.05, 4.69) is 0 Å². The van der Waals surface area contributed by atoms with Gasteiger partial charge in [0.05, 0.1) is 0 Å². The van der Waals surface area contributed by atoms with Crippen LogP contribution in [-0.4, -0.2) is 29.9 Å². The Bertz CT molecular complexity index is 234. The molecule has 0 aromatic carbocycles. The predicted octanol–water partition coefficient (Wildman–Crippen LogP) is 1.37. The molecule has 86 valence electrons. The SMILES string of the molecule is CC(N)C1CCN(C(=O)C2CCCC2)C1. The van der Waals surface area contributed by atoms with Gasteiger partial charge in [-0.2, -0.15) is 0 Å². The number of nitrogens with zero attached hydrogens (tertiary/aromatic N) is 1. The average molecular weight is 210 g/mol. The molecule has 0 spiro atoms. The quantitative estimate of drug-likeness (QED) is 0.748. The van der Waals surface area contributed by atoms with E-state index in [1.54, 1.807) is 0 Å². The minimum Gasteiger partial charge on any atom is -0.342 e. The van der Waals surface area contributed by atoms with Gasteiger partial charge >= 0.3 is 0 Å². The lowest BCUT2D eigenvalue weighted by Crippen LogP contribution is -2.35. The standard InChI is InChI=1S/C12H22N2O/c1-9(13)11-6-7-14(8-11)12(15)10-4-2-3-5-10/h9-11H,2-8,13H2,1H3. The molecule has 0 bridgehead atoms. The van der Waals surface area contributed by atoms with E-state index in [-0.39, 0.29) is 6.04 Å². The summed E-state index contributed by atoms with van der Waals surface area (Å²) in [5.41, 5.74) is 5.88. The normalized spacial score (nSPS) is 29.7. The highest BCUT2D eigenvalue weighted by atomic mass is 16.2. The van der Waals surface area contributed by atoms with Gasteiger partial charge in [0.2, 0.25) is 5.91 Å². The fourth-order valence-electron chi connectivity index (χ4n) is 2.85. The first-order valence-corrected chi connectivity index (χ1v) is 6.23. The summed E-state index contributed by atoms with van der Waals surface area (Å²) >= 11 is 0. The lowest BCUT2D eigenvalue weighted by Gasteiger charge is -2.21. The Kier molecular flexibility index (Phi) is 3.29. The zero-order valence-electron chi connectivity index (χ0n) is 9.61. The molecule has 2 atom stereocenters. The van der Waals surface area contributed by atoms with Crippen LogP contribution in [0.3, 0.4) is 0 Å². The van der Waals surface area contributed by atoms with Crippen LogP contribution in [0.1, 0.15) is 39.0 Å². The number of hydrogen-bond acceptors (Lipinski definition) is 2. The van der Waals surface area contributed by atoms with Crippen LogP contribution in [0.15, 0.2) is 0 Å². The molecule has 0 aromatic heterocycles. The third-order valence-electron chi connectivity index (χ3n) is 3.98. The van der Waals surface area contributed by atoms with Crippen molar-refractivity contribution in [3.63, 3.8) is 0 Å². The number of rotatable bonds is 2. The van der Waals surface area contributed by atoms with Crippen molar-refractivity contribution < 1.29 is 4.79 Å². The summed E-state index contributed by atoms with van der Waals surface area (Å²) in [7, 11) is 0. The number of amides is 1. The second-order valence-corrected chi connectivity index (χ2v) is 5.17. The van der Waals surface area contributed by atoms with Crippen LogP contribution >= 0.6 is 0 Å². The second kappa shape index (κ2) is 4.52. The van der Waals surface area contributed by atoms with Crippen molar-refractivity contribution in [3.8, 4) is 0 Å². The molecule has 0 radical (unpaired) electrons. The van der Waals surface area contributed by atoms with E-state index >= 15 is 0 Å². The molecule has 0 aromatic rings. The summed E-state index contributed by atoms with van der Waals surface area (Å²) in [5.74, 6) is 1.25. The molecule has 1 saturated heterocycles. The molecular weight excluding hydrogens is 188 g/mol. The topological polar surface area (TPSA) is 46.3 Å². The first-order chi connectivity index (χ1) is 7.18. The first-order valence-electron chi connectivity index (χ1n) is 6.23. The van der Waals surface area contributed by atoms with Crippen molar-refractivity contribution in [1.29, 1.82) is 0 Å². The summed E-state index contributed by atoms with van der Waals surface area (Å²) in [6.07, 6.45) is 5.79. The minimum absolute atomic E-state index is 0.228. The molecule has 1 aliphatic carbocycles. The molecule has 15 heavy (non-hydrogen) atoms. The highest BCUT2D eigenvalue weighted by Gasteiger charge is 2.33. The van der Waals surface area contributed by atoms with Crippen molar-refractivity contribution in [2.45, 2.75) is 45.1 Å². The fraction of sp³-hybridized carbons (Fsp3) is 0.917. The largest absolute Gasteiger partial charge is 0.342 e. The summed E-state index contributed by atoms with van der Waals surface area (Å²) < 4.78 is 0. The Morgan fingerprint density at radius 3 is 2.53 bits per heavy atom. The zero-order chi connectivity index (χ0) is 10.8.